The molecule has 1 saturated carbocycles. The van der Waals surface area contributed by atoms with E-state index in [9.17, 15) is 4.79 Å². The van der Waals surface area contributed by atoms with Crippen LogP contribution in [0.3, 0.4) is 0 Å². The largest absolute Gasteiger partial charge is 0.300 e. The summed E-state index contributed by atoms with van der Waals surface area (Å²) < 4.78 is 0. The zero-order chi connectivity index (χ0) is 17.3. The standard InChI is InChI=1S/C22H41NO/c1-3-4-5-6-7-8-9-10-11-12-17-23-18-13-14-20-19-21(24)15-16-22(20,23)2/h20H,3-19H2,1-2H3/t20-,22-/m0/s1. The van der Waals surface area contributed by atoms with E-state index in [2.05, 4.69) is 18.7 Å². The summed E-state index contributed by atoms with van der Waals surface area (Å²) in [6.07, 6.45) is 19.5. The van der Waals surface area contributed by atoms with Gasteiger partial charge in [0, 0.05) is 18.4 Å². The average molecular weight is 336 g/mol. The van der Waals surface area contributed by atoms with Gasteiger partial charge in [-0.1, -0.05) is 64.7 Å². The van der Waals surface area contributed by atoms with Crippen molar-refractivity contribution < 1.29 is 4.79 Å². The Labute approximate surface area is 150 Å². The molecular weight excluding hydrogens is 294 g/mol. The molecule has 0 unspecified atom stereocenters. The number of ketones is 1. The highest BCUT2D eigenvalue weighted by Crippen LogP contribution is 2.42. The zero-order valence-electron chi connectivity index (χ0n) is 16.5. The lowest BCUT2D eigenvalue weighted by Gasteiger charge is -2.52. The van der Waals surface area contributed by atoms with Crippen molar-refractivity contribution in [2.24, 2.45) is 5.92 Å². The van der Waals surface area contributed by atoms with Gasteiger partial charge in [0.05, 0.1) is 0 Å². The molecule has 1 heterocycles. The van der Waals surface area contributed by atoms with Gasteiger partial charge in [0.15, 0.2) is 0 Å². The Bertz CT molecular complexity index is 367. The first-order valence-electron chi connectivity index (χ1n) is 10.9. The van der Waals surface area contributed by atoms with Gasteiger partial charge in [0.2, 0.25) is 0 Å². The Kier molecular flexibility index (Phi) is 8.80. The fourth-order valence-electron chi connectivity index (χ4n) is 4.96. The molecule has 0 N–H and O–H groups in total. The fraction of sp³-hybridized carbons (Fsp3) is 0.955. The van der Waals surface area contributed by atoms with Gasteiger partial charge in [-0.05, 0) is 51.6 Å². The number of unbranched alkanes of at least 4 members (excludes halogenated alkanes) is 9. The van der Waals surface area contributed by atoms with Crippen molar-refractivity contribution >= 4 is 5.78 Å². The maximum atomic E-state index is 11.8. The normalized spacial score (nSPS) is 28.1. The maximum Gasteiger partial charge on any atom is 0.133 e. The molecule has 0 radical (unpaired) electrons. The van der Waals surface area contributed by atoms with E-state index in [1.54, 1.807) is 0 Å². The van der Waals surface area contributed by atoms with E-state index in [0.29, 0.717) is 17.2 Å². The number of rotatable bonds is 11. The lowest BCUT2D eigenvalue weighted by molar-refractivity contribution is -0.128. The predicted molar refractivity (Wildman–Crippen MR) is 103 cm³/mol. The molecule has 1 aliphatic carbocycles. The molecule has 0 amide bonds. The van der Waals surface area contributed by atoms with Crippen LogP contribution in [-0.4, -0.2) is 29.3 Å². The molecule has 140 valence electrons. The van der Waals surface area contributed by atoms with Gasteiger partial charge in [-0.25, -0.2) is 0 Å². The Balaban J connectivity index is 1.56. The molecule has 2 fully saturated rings. The Morgan fingerprint density at radius 2 is 1.62 bits per heavy atom. The summed E-state index contributed by atoms with van der Waals surface area (Å²) in [4.78, 5) is 14.5. The van der Waals surface area contributed by atoms with Crippen LogP contribution in [0.4, 0.5) is 0 Å². The molecule has 2 atom stereocenters. The summed E-state index contributed by atoms with van der Waals surface area (Å²) in [5.74, 6) is 1.15. The second-order valence-corrected chi connectivity index (χ2v) is 8.61. The third kappa shape index (κ3) is 5.86. The van der Waals surface area contributed by atoms with E-state index in [1.165, 1.54) is 90.1 Å². The first kappa shape index (κ1) is 19.9. The molecule has 1 saturated heterocycles. The highest BCUT2D eigenvalue weighted by molar-refractivity contribution is 5.79. The van der Waals surface area contributed by atoms with Gasteiger partial charge in [-0.3, -0.25) is 9.69 Å². The molecule has 2 aliphatic rings. The van der Waals surface area contributed by atoms with Crippen LogP contribution in [0, 0.1) is 5.92 Å². The molecule has 0 aromatic heterocycles. The van der Waals surface area contributed by atoms with Crippen LogP contribution < -0.4 is 0 Å². The van der Waals surface area contributed by atoms with Crippen molar-refractivity contribution in [2.45, 2.75) is 116 Å². The fourth-order valence-corrected chi connectivity index (χ4v) is 4.96. The predicted octanol–water partition coefficient (Wildman–Crippen LogP) is 6.13. The van der Waals surface area contributed by atoms with E-state index in [0.717, 1.165) is 19.3 Å². The number of carbonyl (C=O) groups is 1. The highest BCUT2D eigenvalue weighted by Gasteiger charge is 2.45. The number of Topliss-reactive ketones (excluding diaryl/α,β-unsaturated/α-hetero) is 1. The Morgan fingerprint density at radius 3 is 2.29 bits per heavy atom. The van der Waals surface area contributed by atoms with Crippen molar-refractivity contribution in [1.29, 1.82) is 0 Å². The van der Waals surface area contributed by atoms with Crippen LogP contribution >= 0.6 is 0 Å². The molecule has 0 aromatic rings. The van der Waals surface area contributed by atoms with Crippen molar-refractivity contribution in [2.75, 3.05) is 13.1 Å². The number of likely N-dealkylation sites (tertiary alicyclic amines) is 1. The number of fused-ring (bicyclic) bond motifs is 1. The lowest BCUT2D eigenvalue weighted by atomic mass is 9.68. The van der Waals surface area contributed by atoms with E-state index in [-0.39, 0.29) is 0 Å². The van der Waals surface area contributed by atoms with Crippen LogP contribution in [0.25, 0.3) is 0 Å². The van der Waals surface area contributed by atoms with Gasteiger partial charge in [0.25, 0.3) is 0 Å². The van der Waals surface area contributed by atoms with Crippen LogP contribution in [0.1, 0.15) is 110 Å². The van der Waals surface area contributed by atoms with Crippen LogP contribution in [-0.2, 0) is 4.79 Å². The van der Waals surface area contributed by atoms with Crippen molar-refractivity contribution in [1.82, 2.24) is 4.90 Å². The summed E-state index contributed by atoms with van der Waals surface area (Å²) in [7, 11) is 0. The SMILES string of the molecule is CCCCCCCCCCCCN1CCC[C@H]2CC(=O)CC[C@@]21C. The quantitative estimate of drug-likeness (QED) is 0.423. The Hall–Kier alpha value is -0.370. The van der Waals surface area contributed by atoms with Crippen molar-refractivity contribution in [3.8, 4) is 0 Å². The van der Waals surface area contributed by atoms with E-state index >= 15 is 0 Å². The maximum absolute atomic E-state index is 11.8. The van der Waals surface area contributed by atoms with Gasteiger partial charge < -0.3 is 0 Å². The van der Waals surface area contributed by atoms with Crippen LogP contribution in [0.15, 0.2) is 0 Å². The molecule has 1 aliphatic heterocycles. The highest BCUT2D eigenvalue weighted by atomic mass is 16.1. The summed E-state index contributed by atoms with van der Waals surface area (Å²) in [6.45, 7) is 7.26. The molecule has 0 aromatic carbocycles. The van der Waals surface area contributed by atoms with E-state index in [4.69, 9.17) is 0 Å². The monoisotopic (exact) mass is 335 g/mol. The molecule has 0 bridgehead atoms. The third-order valence-electron chi connectivity index (χ3n) is 6.75. The van der Waals surface area contributed by atoms with Crippen LogP contribution in [0.2, 0.25) is 0 Å². The number of carbonyl (C=O) groups excluding carboxylic acids is 1. The number of nitrogens with zero attached hydrogens (tertiary/aromatic N) is 1. The molecular formula is C22H41NO. The summed E-state index contributed by atoms with van der Waals surface area (Å²) in [5, 5.41) is 0. The van der Waals surface area contributed by atoms with Gasteiger partial charge in [-0.2, -0.15) is 0 Å². The molecule has 24 heavy (non-hydrogen) atoms. The minimum atomic E-state index is 0.325. The molecule has 2 nitrogen and oxygen atoms in total. The van der Waals surface area contributed by atoms with E-state index in [1.807, 2.05) is 0 Å². The number of piperidine rings is 1. The molecule has 2 rings (SSSR count). The summed E-state index contributed by atoms with van der Waals surface area (Å²) in [5.41, 5.74) is 0.325. The number of hydrogen-bond donors (Lipinski definition) is 0. The Morgan fingerprint density at radius 1 is 1.00 bits per heavy atom. The molecule has 2 heteroatoms. The van der Waals surface area contributed by atoms with Crippen LogP contribution in [0.5, 0.6) is 0 Å². The lowest BCUT2D eigenvalue weighted by Crippen LogP contribution is -2.57. The first-order chi connectivity index (χ1) is 11.7. The molecule has 0 spiro atoms. The van der Waals surface area contributed by atoms with Crippen molar-refractivity contribution in [3.63, 3.8) is 0 Å². The smallest absolute Gasteiger partial charge is 0.133 e. The van der Waals surface area contributed by atoms with E-state index < -0.39 is 0 Å². The minimum absolute atomic E-state index is 0.325. The summed E-state index contributed by atoms with van der Waals surface area (Å²) >= 11 is 0. The minimum Gasteiger partial charge on any atom is -0.300 e. The second kappa shape index (κ2) is 10.6. The first-order valence-corrected chi connectivity index (χ1v) is 10.9. The number of hydrogen-bond acceptors (Lipinski definition) is 2. The van der Waals surface area contributed by atoms with Gasteiger partial charge >= 0.3 is 0 Å². The second-order valence-electron chi connectivity index (χ2n) is 8.61. The topological polar surface area (TPSA) is 20.3 Å². The average Bonchev–Trinajstić information content (AvgIpc) is 2.57. The van der Waals surface area contributed by atoms with Gasteiger partial charge in [-0.15, -0.1) is 0 Å². The summed E-state index contributed by atoms with van der Waals surface area (Å²) in [6, 6.07) is 0. The third-order valence-corrected chi connectivity index (χ3v) is 6.75. The zero-order valence-corrected chi connectivity index (χ0v) is 16.5. The van der Waals surface area contributed by atoms with Crippen molar-refractivity contribution in [3.05, 3.63) is 0 Å². The van der Waals surface area contributed by atoms with Gasteiger partial charge in [0.1, 0.15) is 5.78 Å².